The number of nitrogens with zero attached hydrogens (tertiary/aromatic N) is 1. The van der Waals surface area contributed by atoms with Crippen molar-refractivity contribution in [2.45, 2.75) is 6.61 Å². The maximum atomic E-state index is 10.4. The van der Waals surface area contributed by atoms with Gasteiger partial charge in [0.05, 0.1) is 0 Å². The van der Waals surface area contributed by atoms with E-state index >= 15 is 0 Å². The first-order chi connectivity index (χ1) is 13.2. The topological polar surface area (TPSA) is 51.0 Å². The third-order valence-electron chi connectivity index (χ3n) is 3.94. The zero-order valence-electron chi connectivity index (χ0n) is 15.1. The van der Waals surface area contributed by atoms with Gasteiger partial charge >= 0.3 is 0 Å². The maximum Gasteiger partial charge on any atom is 0.146 e. The number of ether oxygens (including phenoxy) is 2. The summed E-state index contributed by atoms with van der Waals surface area (Å²) >= 11 is 0. The molecule has 0 aliphatic carbocycles. The molecule has 0 aliphatic heterocycles. The number of para-hydroxylation sites is 1. The van der Waals surface area contributed by atoms with Crippen molar-refractivity contribution < 1.29 is 14.6 Å². The Morgan fingerprint density at radius 1 is 0.926 bits per heavy atom. The molecule has 0 heterocycles. The van der Waals surface area contributed by atoms with Crippen LogP contribution in [0.1, 0.15) is 11.1 Å². The molecule has 4 heteroatoms. The van der Waals surface area contributed by atoms with Crippen molar-refractivity contribution in [3.8, 4) is 17.2 Å². The quantitative estimate of drug-likeness (QED) is 0.478. The number of rotatable bonds is 7. The lowest BCUT2D eigenvalue weighted by molar-refractivity contribution is 0.304. The molecule has 3 aromatic rings. The SMILES string of the molecule is C=C(Oc1ccccc1)C(=NC)c1ccc(OCc2ccccc2)cc1O. The molecule has 1 N–H and O–H groups in total. The highest BCUT2D eigenvalue weighted by Crippen LogP contribution is 2.27. The van der Waals surface area contributed by atoms with Gasteiger partial charge in [-0.3, -0.25) is 4.99 Å². The van der Waals surface area contributed by atoms with Gasteiger partial charge in [0, 0.05) is 18.7 Å². The van der Waals surface area contributed by atoms with E-state index in [0.29, 0.717) is 35.1 Å². The summed E-state index contributed by atoms with van der Waals surface area (Å²) in [7, 11) is 1.63. The lowest BCUT2D eigenvalue weighted by Gasteiger charge is -2.14. The van der Waals surface area contributed by atoms with Gasteiger partial charge in [0.1, 0.15) is 35.3 Å². The average Bonchev–Trinajstić information content (AvgIpc) is 2.70. The van der Waals surface area contributed by atoms with Crippen LogP contribution >= 0.6 is 0 Å². The summed E-state index contributed by atoms with van der Waals surface area (Å²) in [5.74, 6) is 1.65. The van der Waals surface area contributed by atoms with Crippen LogP contribution in [-0.2, 0) is 6.61 Å². The van der Waals surface area contributed by atoms with Crippen molar-refractivity contribution in [1.29, 1.82) is 0 Å². The lowest BCUT2D eigenvalue weighted by Crippen LogP contribution is -2.10. The molecule has 0 saturated carbocycles. The number of hydrogen-bond acceptors (Lipinski definition) is 4. The molecular weight excluding hydrogens is 338 g/mol. The van der Waals surface area contributed by atoms with Crippen LogP contribution in [0.5, 0.6) is 17.2 Å². The molecule has 3 rings (SSSR count). The van der Waals surface area contributed by atoms with Gasteiger partial charge in [-0.15, -0.1) is 0 Å². The summed E-state index contributed by atoms with van der Waals surface area (Å²) in [5, 5.41) is 10.4. The monoisotopic (exact) mass is 359 g/mol. The van der Waals surface area contributed by atoms with Gasteiger partial charge in [0.15, 0.2) is 0 Å². The first-order valence-corrected chi connectivity index (χ1v) is 8.56. The Balaban J connectivity index is 1.72. The van der Waals surface area contributed by atoms with Crippen molar-refractivity contribution in [3.05, 3.63) is 102 Å². The second-order valence-corrected chi connectivity index (χ2v) is 5.86. The van der Waals surface area contributed by atoms with E-state index in [-0.39, 0.29) is 5.75 Å². The van der Waals surface area contributed by atoms with Crippen LogP contribution in [0.15, 0.2) is 96.2 Å². The van der Waals surface area contributed by atoms with E-state index in [9.17, 15) is 5.11 Å². The molecule has 3 aromatic carbocycles. The summed E-state index contributed by atoms with van der Waals surface area (Å²) < 4.78 is 11.5. The number of hydrogen-bond donors (Lipinski definition) is 1. The highest BCUT2D eigenvalue weighted by molar-refractivity contribution is 6.12. The molecule has 27 heavy (non-hydrogen) atoms. The third kappa shape index (κ3) is 4.76. The zero-order chi connectivity index (χ0) is 19.1. The van der Waals surface area contributed by atoms with E-state index in [1.54, 1.807) is 25.2 Å². The largest absolute Gasteiger partial charge is 0.507 e. The third-order valence-corrected chi connectivity index (χ3v) is 3.94. The van der Waals surface area contributed by atoms with E-state index in [4.69, 9.17) is 9.47 Å². The first kappa shape index (κ1) is 18.3. The Morgan fingerprint density at radius 3 is 2.22 bits per heavy atom. The Bertz CT molecular complexity index is 934. The second-order valence-electron chi connectivity index (χ2n) is 5.86. The van der Waals surface area contributed by atoms with Gasteiger partial charge in [-0.25, -0.2) is 0 Å². The Morgan fingerprint density at radius 2 is 1.59 bits per heavy atom. The van der Waals surface area contributed by atoms with Crippen molar-refractivity contribution in [2.75, 3.05) is 7.05 Å². The Hall–Kier alpha value is -3.53. The van der Waals surface area contributed by atoms with E-state index in [0.717, 1.165) is 5.56 Å². The van der Waals surface area contributed by atoms with Crippen molar-refractivity contribution in [2.24, 2.45) is 4.99 Å². The van der Waals surface area contributed by atoms with Gasteiger partial charge in [-0.2, -0.15) is 0 Å². The molecule has 0 amide bonds. The fraction of sp³-hybridized carbons (Fsp3) is 0.0870. The van der Waals surface area contributed by atoms with Crippen LogP contribution < -0.4 is 9.47 Å². The molecule has 0 aromatic heterocycles. The summed E-state index contributed by atoms with van der Waals surface area (Å²) in [6.07, 6.45) is 0. The highest BCUT2D eigenvalue weighted by atomic mass is 16.5. The normalized spacial score (nSPS) is 11.1. The average molecular weight is 359 g/mol. The van der Waals surface area contributed by atoms with Gasteiger partial charge in [-0.1, -0.05) is 55.1 Å². The molecule has 0 fully saturated rings. The van der Waals surface area contributed by atoms with Crippen LogP contribution in [0, 0.1) is 0 Å². The van der Waals surface area contributed by atoms with E-state index < -0.39 is 0 Å². The molecule has 136 valence electrons. The van der Waals surface area contributed by atoms with Crippen molar-refractivity contribution in [1.82, 2.24) is 0 Å². The predicted molar refractivity (Wildman–Crippen MR) is 108 cm³/mol. The molecular formula is C23H21NO3. The number of allylic oxidation sites excluding steroid dienone is 1. The van der Waals surface area contributed by atoms with Gasteiger partial charge in [-0.05, 0) is 29.8 Å². The number of aliphatic imine (C=N–C) groups is 1. The number of phenols is 1. The molecule has 0 atom stereocenters. The minimum absolute atomic E-state index is 0.0546. The van der Waals surface area contributed by atoms with Crippen LogP contribution in [-0.4, -0.2) is 17.9 Å². The number of benzene rings is 3. The summed E-state index contributed by atoms with van der Waals surface area (Å²) in [6.45, 7) is 4.37. The predicted octanol–water partition coefficient (Wildman–Crippen LogP) is 4.98. The Kier molecular flexibility index (Phi) is 5.90. The van der Waals surface area contributed by atoms with Crippen LogP contribution in [0.2, 0.25) is 0 Å². The van der Waals surface area contributed by atoms with Crippen LogP contribution in [0.25, 0.3) is 0 Å². The standard InChI is InChI=1S/C23H21NO3/c1-17(27-19-11-7-4-8-12-19)23(24-2)21-14-13-20(15-22(21)25)26-16-18-9-5-3-6-10-18/h3-15,25H,1,16H2,2H3. The van der Waals surface area contributed by atoms with Crippen LogP contribution in [0.4, 0.5) is 0 Å². The smallest absolute Gasteiger partial charge is 0.146 e. The summed E-state index contributed by atoms with van der Waals surface area (Å²) in [6, 6.07) is 24.3. The van der Waals surface area contributed by atoms with E-state index in [1.165, 1.54) is 0 Å². The fourth-order valence-electron chi connectivity index (χ4n) is 2.62. The number of aromatic hydroxyl groups is 1. The molecule has 0 bridgehead atoms. The first-order valence-electron chi connectivity index (χ1n) is 8.56. The number of phenolic OH excluding ortho intramolecular Hbond substituents is 1. The van der Waals surface area contributed by atoms with Gasteiger partial charge in [0.25, 0.3) is 0 Å². The second kappa shape index (κ2) is 8.72. The van der Waals surface area contributed by atoms with Crippen LogP contribution in [0.3, 0.4) is 0 Å². The van der Waals surface area contributed by atoms with E-state index in [2.05, 4.69) is 11.6 Å². The molecule has 0 aliphatic rings. The molecule has 0 saturated heterocycles. The molecule has 0 radical (unpaired) electrons. The molecule has 0 spiro atoms. The fourth-order valence-corrected chi connectivity index (χ4v) is 2.62. The van der Waals surface area contributed by atoms with E-state index in [1.807, 2.05) is 60.7 Å². The molecule has 0 unspecified atom stereocenters. The zero-order valence-corrected chi connectivity index (χ0v) is 15.1. The minimum atomic E-state index is 0.0546. The Labute approximate surface area is 159 Å². The molecule has 4 nitrogen and oxygen atoms in total. The van der Waals surface area contributed by atoms with Crippen molar-refractivity contribution >= 4 is 5.71 Å². The minimum Gasteiger partial charge on any atom is -0.507 e. The highest BCUT2D eigenvalue weighted by Gasteiger charge is 2.15. The van der Waals surface area contributed by atoms with Gasteiger partial charge in [0.2, 0.25) is 0 Å². The van der Waals surface area contributed by atoms with Crippen molar-refractivity contribution in [3.63, 3.8) is 0 Å². The lowest BCUT2D eigenvalue weighted by atomic mass is 10.1. The summed E-state index contributed by atoms with van der Waals surface area (Å²) in [5.41, 5.74) is 2.07. The maximum absolute atomic E-state index is 10.4. The van der Waals surface area contributed by atoms with Gasteiger partial charge < -0.3 is 14.6 Å². The summed E-state index contributed by atoms with van der Waals surface area (Å²) in [4.78, 5) is 4.23.